The van der Waals surface area contributed by atoms with Crippen molar-refractivity contribution >= 4 is 17.6 Å². The van der Waals surface area contributed by atoms with Crippen molar-refractivity contribution in [2.24, 2.45) is 7.05 Å². The number of aryl methyl sites for hydroxylation is 1. The largest absolute Gasteiger partial charge is 0.481 e. The number of aliphatic carboxylic acids is 1. The molecule has 1 unspecified atom stereocenters. The number of carbonyl (C=O) groups is 1. The molecule has 0 spiro atoms. The summed E-state index contributed by atoms with van der Waals surface area (Å²) in [5, 5.41) is 13.8. The van der Waals surface area contributed by atoms with Crippen molar-refractivity contribution in [2.75, 3.05) is 0 Å². The third-order valence-corrected chi connectivity index (χ3v) is 2.98. The van der Waals surface area contributed by atoms with Crippen LogP contribution in [0.15, 0.2) is 30.6 Å². The lowest BCUT2D eigenvalue weighted by atomic mass is 9.95. The van der Waals surface area contributed by atoms with E-state index in [1.165, 1.54) is 6.33 Å². The van der Waals surface area contributed by atoms with Crippen molar-refractivity contribution in [3.63, 3.8) is 0 Å². The maximum atomic E-state index is 11.3. The van der Waals surface area contributed by atoms with Gasteiger partial charge in [0.25, 0.3) is 0 Å². The first-order chi connectivity index (χ1) is 8.58. The van der Waals surface area contributed by atoms with Gasteiger partial charge in [-0.25, -0.2) is 4.98 Å². The van der Waals surface area contributed by atoms with Gasteiger partial charge in [-0.1, -0.05) is 23.7 Å². The maximum Gasteiger partial charge on any atom is 0.311 e. The van der Waals surface area contributed by atoms with Crippen LogP contribution in [0.3, 0.4) is 0 Å². The van der Waals surface area contributed by atoms with Gasteiger partial charge in [-0.05, 0) is 17.7 Å². The van der Waals surface area contributed by atoms with Crippen LogP contribution in [0.1, 0.15) is 17.3 Å². The first-order valence-electron chi connectivity index (χ1n) is 5.39. The average Bonchev–Trinajstić information content (AvgIpc) is 2.71. The summed E-state index contributed by atoms with van der Waals surface area (Å²) in [4.78, 5) is 15.4. The first kappa shape index (κ1) is 12.6. The number of benzene rings is 1. The van der Waals surface area contributed by atoms with Gasteiger partial charge in [0.15, 0.2) is 0 Å². The summed E-state index contributed by atoms with van der Waals surface area (Å²) < 4.78 is 1.57. The molecule has 6 heteroatoms. The number of carboxylic acid groups (broad SMARTS) is 1. The van der Waals surface area contributed by atoms with Crippen LogP contribution in [0.4, 0.5) is 0 Å². The van der Waals surface area contributed by atoms with Crippen molar-refractivity contribution in [2.45, 2.75) is 12.3 Å². The number of carboxylic acids is 1. The van der Waals surface area contributed by atoms with E-state index >= 15 is 0 Å². The Balaban J connectivity index is 2.30. The van der Waals surface area contributed by atoms with Gasteiger partial charge >= 0.3 is 5.97 Å². The second-order valence-corrected chi connectivity index (χ2v) is 4.39. The highest BCUT2D eigenvalue weighted by Gasteiger charge is 2.22. The van der Waals surface area contributed by atoms with Crippen LogP contribution in [-0.2, 0) is 18.3 Å². The molecule has 1 atom stereocenters. The van der Waals surface area contributed by atoms with Gasteiger partial charge in [-0.3, -0.25) is 9.48 Å². The molecular weight excluding hydrogens is 254 g/mol. The summed E-state index contributed by atoms with van der Waals surface area (Å²) >= 11 is 5.88. The molecule has 2 aromatic rings. The Morgan fingerprint density at radius 3 is 2.89 bits per heavy atom. The van der Waals surface area contributed by atoms with Gasteiger partial charge < -0.3 is 5.11 Å². The summed E-state index contributed by atoms with van der Waals surface area (Å²) in [6.45, 7) is 0. The van der Waals surface area contributed by atoms with Gasteiger partial charge in [0, 0.05) is 18.5 Å². The van der Waals surface area contributed by atoms with Crippen LogP contribution >= 0.6 is 11.6 Å². The molecule has 0 bridgehead atoms. The van der Waals surface area contributed by atoms with E-state index in [0.717, 1.165) is 0 Å². The summed E-state index contributed by atoms with van der Waals surface area (Å²) in [7, 11) is 1.74. The number of rotatable bonds is 4. The minimum absolute atomic E-state index is 0.284. The third-order valence-electron chi connectivity index (χ3n) is 2.74. The zero-order valence-electron chi connectivity index (χ0n) is 9.75. The highest BCUT2D eigenvalue weighted by Crippen LogP contribution is 2.23. The highest BCUT2D eigenvalue weighted by atomic mass is 35.5. The molecule has 2 rings (SSSR count). The average molecular weight is 266 g/mol. The van der Waals surface area contributed by atoms with Crippen LogP contribution in [-0.4, -0.2) is 25.8 Å². The van der Waals surface area contributed by atoms with Gasteiger partial charge in [0.05, 0.1) is 5.92 Å². The Morgan fingerprint density at radius 1 is 1.56 bits per heavy atom. The topological polar surface area (TPSA) is 68.0 Å². The van der Waals surface area contributed by atoms with Gasteiger partial charge in [-0.15, -0.1) is 0 Å². The lowest BCUT2D eigenvalue weighted by molar-refractivity contribution is -0.138. The fraction of sp³-hybridized carbons (Fsp3) is 0.250. The van der Waals surface area contributed by atoms with E-state index in [-0.39, 0.29) is 6.42 Å². The number of hydrogen-bond donors (Lipinski definition) is 1. The number of aromatic nitrogens is 3. The van der Waals surface area contributed by atoms with E-state index in [4.69, 9.17) is 11.6 Å². The molecule has 0 fully saturated rings. The second kappa shape index (κ2) is 5.18. The maximum absolute atomic E-state index is 11.3. The molecule has 1 N–H and O–H groups in total. The Kier molecular flexibility index (Phi) is 3.62. The van der Waals surface area contributed by atoms with Crippen LogP contribution in [0.2, 0.25) is 5.02 Å². The third kappa shape index (κ3) is 2.68. The molecule has 0 aliphatic heterocycles. The van der Waals surface area contributed by atoms with E-state index < -0.39 is 11.9 Å². The standard InChI is InChI=1S/C12H12ClN3O2/c1-16-11(14-7-15-16)6-10(12(17)18)8-3-2-4-9(13)5-8/h2-5,7,10H,6H2,1H3,(H,17,18). The number of hydrogen-bond acceptors (Lipinski definition) is 3. The van der Waals surface area contributed by atoms with Gasteiger partial charge in [-0.2, -0.15) is 5.10 Å². The molecule has 0 aliphatic rings. The van der Waals surface area contributed by atoms with Crippen molar-refractivity contribution in [3.8, 4) is 0 Å². The minimum Gasteiger partial charge on any atom is -0.481 e. The summed E-state index contributed by atoms with van der Waals surface area (Å²) in [6, 6.07) is 6.87. The fourth-order valence-corrected chi connectivity index (χ4v) is 1.96. The molecule has 1 heterocycles. The highest BCUT2D eigenvalue weighted by molar-refractivity contribution is 6.30. The molecule has 5 nitrogen and oxygen atoms in total. The molecule has 0 amide bonds. The zero-order valence-corrected chi connectivity index (χ0v) is 10.5. The summed E-state index contributed by atoms with van der Waals surface area (Å²) in [5.74, 6) is -0.950. The van der Waals surface area contributed by atoms with E-state index in [1.54, 1.807) is 36.0 Å². The molecule has 1 aromatic heterocycles. The SMILES string of the molecule is Cn1ncnc1CC(C(=O)O)c1cccc(Cl)c1. The second-order valence-electron chi connectivity index (χ2n) is 3.95. The number of nitrogens with zero attached hydrogens (tertiary/aromatic N) is 3. The van der Waals surface area contributed by atoms with Crippen LogP contribution in [0.25, 0.3) is 0 Å². The van der Waals surface area contributed by atoms with Crippen molar-refractivity contribution in [3.05, 3.63) is 47.0 Å². The fourth-order valence-electron chi connectivity index (χ4n) is 1.76. The lowest BCUT2D eigenvalue weighted by Gasteiger charge is -2.12. The summed E-state index contributed by atoms with van der Waals surface area (Å²) in [5.41, 5.74) is 0.665. The lowest BCUT2D eigenvalue weighted by Crippen LogP contribution is -2.16. The molecule has 94 valence electrons. The first-order valence-corrected chi connectivity index (χ1v) is 5.77. The molecule has 0 saturated carbocycles. The Hall–Kier alpha value is -1.88. The Labute approximate surface area is 109 Å². The molecule has 0 saturated heterocycles. The number of halogens is 1. The normalized spacial score (nSPS) is 12.3. The van der Waals surface area contributed by atoms with E-state index in [1.807, 2.05) is 0 Å². The molecule has 18 heavy (non-hydrogen) atoms. The van der Waals surface area contributed by atoms with E-state index in [9.17, 15) is 9.90 Å². The molecular formula is C12H12ClN3O2. The molecule has 1 aromatic carbocycles. The van der Waals surface area contributed by atoms with Crippen molar-refractivity contribution in [1.29, 1.82) is 0 Å². The van der Waals surface area contributed by atoms with Gasteiger partial charge in [0.1, 0.15) is 12.2 Å². The smallest absolute Gasteiger partial charge is 0.311 e. The quantitative estimate of drug-likeness (QED) is 0.916. The zero-order chi connectivity index (χ0) is 13.1. The van der Waals surface area contributed by atoms with E-state index in [0.29, 0.717) is 16.4 Å². The van der Waals surface area contributed by atoms with Crippen LogP contribution in [0.5, 0.6) is 0 Å². The van der Waals surface area contributed by atoms with Crippen LogP contribution < -0.4 is 0 Å². The van der Waals surface area contributed by atoms with Gasteiger partial charge in [0.2, 0.25) is 0 Å². The van der Waals surface area contributed by atoms with E-state index in [2.05, 4.69) is 10.1 Å². The predicted molar refractivity (Wildman–Crippen MR) is 66.5 cm³/mol. The Morgan fingerprint density at radius 2 is 2.33 bits per heavy atom. The minimum atomic E-state index is -0.903. The van der Waals surface area contributed by atoms with Crippen molar-refractivity contribution in [1.82, 2.24) is 14.8 Å². The summed E-state index contributed by atoms with van der Waals surface area (Å²) in [6.07, 6.45) is 1.69. The molecule has 0 radical (unpaired) electrons. The predicted octanol–water partition coefficient (Wildman–Crippen LogP) is 1.88. The Bertz CT molecular complexity index is 568. The van der Waals surface area contributed by atoms with Crippen molar-refractivity contribution < 1.29 is 9.90 Å². The monoisotopic (exact) mass is 265 g/mol. The molecule has 0 aliphatic carbocycles. The van der Waals surface area contributed by atoms with Crippen LogP contribution in [0, 0.1) is 0 Å².